The van der Waals surface area contributed by atoms with Gasteiger partial charge in [0.15, 0.2) is 16.7 Å². The highest BCUT2D eigenvalue weighted by Crippen LogP contribution is 2.35. The number of ether oxygens (including phenoxy) is 2. The summed E-state index contributed by atoms with van der Waals surface area (Å²) in [6.07, 6.45) is 1.73. The second-order valence-corrected chi connectivity index (χ2v) is 8.67. The molecule has 1 amide bonds. The van der Waals surface area contributed by atoms with Crippen molar-refractivity contribution in [2.45, 2.75) is 12.7 Å². The van der Waals surface area contributed by atoms with Gasteiger partial charge in [-0.3, -0.25) is 19.8 Å². The van der Waals surface area contributed by atoms with E-state index in [0.29, 0.717) is 28.1 Å². The molecule has 0 unspecified atom stereocenters. The van der Waals surface area contributed by atoms with Crippen LogP contribution in [-0.2, 0) is 10.5 Å². The van der Waals surface area contributed by atoms with Gasteiger partial charge in [0, 0.05) is 17.9 Å². The van der Waals surface area contributed by atoms with E-state index >= 15 is 0 Å². The number of nitro benzene ring substituents is 1. The molecule has 0 saturated heterocycles. The van der Waals surface area contributed by atoms with Crippen LogP contribution in [0.1, 0.15) is 16.7 Å². The molecule has 3 aromatic rings. The standard InChI is InChI=1S/C25H19N3O5S/c1-16-2-7-19(8-3-16)27-24(29)21(12-18-6-11-22-23(13-18)33-15-32-22)26-25(27)34-14-17-4-9-20(10-5-17)28(30)31/h2-13H,14-15H2,1H3. The van der Waals surface area contributed by atoms with Crippen LogP contribution in [0.25, 0.3) is 6.08 Å². The number of nitrogens with zero attached hydrogens (tertiary/aromatic N) is 3. The SMILES string of the molecule is Cc1ccc(N2C(=O)C(=Cc3ccc4c(c3)OCO4)N=C2SCc2ccc([N+](=O)[O-])cc2)cc1. The number of amides is 1. The molecule has 0 radical (unpaired) electrons. The maximum absolute atomic E-state index is 13.4. The van der Waals surface area contributed by atoms with Crippen LogP contribution in [0.4, 0.5) is 11.4 Å². The fourth-order valence-electron chi connectivity index (χ4n) is 3.54. The molecule has 0 spiro atoms. The Kier molecular flexibility index (Phi) is 5.77. The van der Waals surface area contributed by atoms with Gasteiger partial charge >= 0.3 is 0 Å². The fourth-order valence-corrected chi connectivity index (χ4v) is 4.51. The quantitative estimate of drug-likeness (QED) is 0.283. The predicted molar refractivity (Wildman–Crippen MR) is 131 cm³/mol. The molecule has 2 aliphatic heterocycles. The topological polar surface area (TPSA) is 94.3 Å². The number of amidine groups is 1. The minimum atomic E-state index is -0.428. The third-order valence-electron chi connectivity index (χ3n) is 5.34. The first-order chi connectivity index (χ1) is 16.5. The number of hydrogen-bond acceptors (Lipinski definition) is 7. The van der Waals surface area contributed by atoms with Gasteiger partial charge in [-0.1, -0.05) is 47.7 Å². The van der Waals surface area contributed by atoms with Crippen LogP contribution in [0.3, 0.4) is 0 Å². The Morgan fingerprint density at radius 2 is 1.79 bits per heavy atom. The highest BCUT2D eigenvalue weighted by Gasteiger charge is 2.32. The maximum Gasteiger partial charge on any atom is 0.283 e. The molecule has 0 saturated carbocycles. The average Bonchev–Trinajstić information content (AvgIpc) is 3.43. The van der Waals surface area contributed by atoms with Crippen LogP contribution in [0.2, 0.25) is 0 Å². The normalized spacial score (nSPS) is 15.7. The van der Waals surface area contributed by atoms with E-state index in [-0.39, 0.29) is 18.4 Å². The highest BCUT2D eigenvalue weighted by molar-refractivity contribution is 8.13. The van der Waals surface area contributed by atoms with Gasteiger partial charge in [-0.15, -0.1) is 0 Å². The molecule has 0 atom stereocenters. The van der Waals surface area contributed by atoms with Crippen LogP contribution in [0, 0.1) is 17.0 Å². The lowest BCUT2D eigenvalue weighted by molar-refractivity contribution is -0.384. The van der Waals surface area contributed by atoms with Crippen LogP contribution in [0.15, 0.2) is 77.4 Å². The number of carbonyl (C=O) groups is 1. The lowest BCUT2D eigenvalue weighted by atomic mass is 10.1. The maximum atomic E-state index is 13.4. The summed E-state index contributed by atoms with van der Waals surface area (Å²) >= 11 is 1.40. The zero-order chi connectivity index (χ0) is 23.7. The van der Waals surface area contributed by atoms with E-state index in [1.807, 2.05) is 43.3 Å². The van der Waals surface area contributed by atoms with Crippen molar-refractivity contribution >= 4 is 40.3 Å². The van der Waals surface area contributed by atoms with Gasteiger partial charge in [0.25, 0.3) is 11.6 Å². The summed E-state index contributed by atoms with van der Waals surface area (Å²) in [5.74, 6) is 1.58. The van der Waals surface area contributed by atoms with Crippen molar-refractivity contribution in [1.82, 2.24) is 0 Å². The monoisotopic (exact) mass is 473 g/mol. The van der Waals surface area contributed by atoms with E-state index in [1.165, 1.54) is 23.9 Å². The minimum absolute atomic E-state index is 0.0392. The first-order valence-corrected chi connectivity index (χ1v) is 11.4. The second-order valence-electron chi connectivity index (χ2n) is 7.72. The molecule has 3 aromatic carbocycles. The predicted octanol–water partition coefficient (Wildman–Crippen LogP) is 5.31. The third-order valence-corrected chi connectivity index (χ3v) is 6.35. The van der Waals surface area contributed by atoms with Gasteiger partial charge in [-0.05, 0) is 48.4 Å². The molecular formula is C25H19N3O5S. The molecular weight excluding hydrogens is 454 g/mol. The van der Waals surface area contributed by atoms with Crippen molar-refractivity contribution in [3.63, 3.8) is 0 Å². The van der Waals surface area contributed by atoms with Crippen molar-refractivity contribution in [2.24, 2.45) is 4.99 Å². The number of aryl methyl sites for hydroxylation is 1. The third kappa shape index (κ3) is 4.38. The van der Waals surface area contributed by atoms with E-state index in [0.717, 1.165) is 22.4 Å². The Labute approximate surface area is 199 Å². The number of rotatable bonds is 5. The van der Waals surface area contributed by atoms with Crippen LogP contribution in [0.5, 0.6) is 11.5 Å². The molecule has 5 rings (SSSR count). The van der Waals surface area contributed by atoms with E-state index in [9.17, 15) is 14.9 Å². The van der Waals surface area contributed by atoms with Gasteiger partial charge in [0.1, 0.15) is 5.70 Å². The Morgan fingerprint density at radius 1 is 1.06 bits per heavy atom. The number of fused-ring (bicyclic) bond motifs is 1. The molecule has 170 valence electrons. The van der Waals surface area contributed by atoms with E-state index in [1.54, 1.807) is 29.2 Å². The van der Waals surface area contributed by atoms with E-state index in [2.05, 4.69) is 4.99 Å². The first kappa shape index (κ1) is 21.7. The van der Waals surface area contributed by atoms with Crippen molar-refractivity contribution in [2.75, 3.05) is 11.7 Å². The summed E-state index contributed by atoms with van der Waals surface area (Å²) < 4.78 is 10.8. The van der Waals surface area contributed by atoms with Crippen molar-refractivity contribution in [1.29, 1.82) is 0 Å². The Bertz CT molecular complexity index is 1330. The number of thioether (sulfide) groups is 1. The van der Waals surface area contributed by atoms with Gasteiger partial charge in [-0.2, -0.15) is 0 Å². The molecule has 0 bridgehead atoms. The number of anilines is 1. The van der Waals surface area contributed by atoms with Gasteiger partial charge in [-0.25, -0.2) is 4.99 Å². The van der Waals surface area contributed by atoms with Crippen molar-refractivity contribution in [3.8, 4) is 11.5 Å². The molecule has 0 aliphatic carbocycles. The Hall–Kier alpha value is -4.11. The van der Waals surface area contributed by atoms with Gasteiger partial charge in [0.2, 0.25) is 6.79 Å². The average molecular weight is 474 g/mol. The van der Waals surface area contributed by atoms with Crippen molar-refractivity contribution in [3.05, 3.63) is 99.2 Å². The summed E-state index contributed by atoms with van der Waals surface area (Å²) in [7, 11) is 0. The van der Waals surface area contributed by atoms with Gasteiger partial charge in [0.05, 0.1) is 10.6 Å². The molecule has 9 heteroatoms. The van der Waals surface area contributed by atoms with E-state index in [4.69, 9.17) is 9.47 Å². The zero-order valence-electron chi connectivity index (χ0n) is 18.1. The lowest BCUT2D eigenvalue weighted by Gasteiger charge is -2.18. The van der Waals surface area contributed by atoms with Crippen molar-refractivity contribution < 1.29 is 19.2 Å². The largest absolute Gasteiger partial charge is 0.454 e. The highest BCUT2D eigenvalue weighted by atomic mass is 32.2. The number of nitro groups is 1. The van der Waals surface area contributed by atoms with Crippen LogP contribution in [-0.4, -0.2) is 22.8 Å². The molecule has 34 heavy (non-hydrogen) atoms. The number of hydrogen-bond donors (Lipinski definition) is 0. The summed E-state index contributed by atoms with van der Waals surface area (Å²) in [5.41, 5.74) is 3.83. The number of carbonyl (C=O) groups excluding carboxylic acids is 1. The summed E-state index contributed by atoms with van der Waals surface area (Å²) in [4.78, 5) is 30.1. The van der Waals surface area contributed by atoms with Gasteiger partial charge < -0.3 is 9.47 Å². The number of aliphatic imine (C=N–C) groups is 1. The lowest BCUT2D eigenvalue weighted by Crippen LogP contribution is -2.30. The summed E-state index contributed by atoms with van der Waals surface area (Å²) in [6.45, 7) is 2.16. The summed E-state index contributed by atoms with van der Waals surface area (Å²) in [6, 6.07) is 19.5. The van der Waals surface area contributed by atoms with Crippen LogP contribution >= 0.6 is 11.8 Å². The Morgan fingerprint density at radius 3 is 2.53 bits per heavy atom. The first-order valence-electron chi connectivity index (χ1n) is 10.5. The number of benzene rings is 3. The minimum Gasteiger partial charge on any atom is -0.454 e. The molecule has 8 nitrogen and oxygen atoms in total. The molecule has 0 N–H and O–H groups in total. The van der Waals surface area contributed by atoms with Crippen LogP contribution < -0.4 is 14.4 Å². The fraction of sp³-hybridized carbons (Fsp3) is 0.120. The second kappa shape index (κ2) is 9.03. The zero-order valence-corrected chi connectivity index (χ0v) is 19.0. The smallest absolute Gasteiger partial charge is 0.283 e. The molecule has 2 aliphatic rings. The molecule has 0 fully saturated rings. The molecule has 0 aromatic heterocycles. The number of non-ortho nitro benzene ring substituents is 1. The Balaban J connectivity index is 1.44. The van der Waals surface area contributed by atoms with E-state index < -0.39 is 4.92 Å². The molecule has 2 heterocycles. The summed E-state index contributed by atoms with van der Waals surface area (Å²) in [5, 5.41) is 11.4.